The SMILES string of the molecule is Cc1nn(C)c(CC(N)c2ccccn2)c1Br. The minimum Gasteiger partial charge on any atom is -0.322 e. The summed E-state index contributed by atoms with van der Waals surface area (Å²) in [6.07, 6.45) is 2.48. The van der Waals surface area contributed by atoms with Crippen LogP contribution in [0, 0.1) is 6.92 Å². The molecule has 2 heterocycles. The highest BCUT2D eigenvalue weighted by molar-refractivity contribution is 9.10. The van der Waals surface area contributed by atoms with E-state index in [0.717, 1.165) is 28.0 Å². The molecule has 2 rings (SSSR count). The van der Waals surface area contributed by atoms with Gasteiger partial charge in [0.2, 0.25) is 0 Å². The molecule has 90 valence electrons. The van der Waals surface area contributed by atoms with Crippen molar-refractivity contribution in [2.75, 3.05) is 0 Å². The molecule has 2 N–H and O–H groups in total. The minimum absolute atomic E-state index is 0.109. The molecule has 0 saturated heterocycles. The minimum atomic E-state index is -0.109. The summed E-state index contributed by atoms with van der Waals surface area (Å²) in [4.78, 5) is 4.27. The molecule has 1 unspecified atom stereocenters. The van der Waals surface area contributed by atoms with Crippen molar-refractivity contribution in [3.63, 3.8) is 0 Å². The van der Waals surface area contributed by atoms with E-state index in [1.54, 1.807) is 6.20 Å². The van der Waals surface area contributed by atoms with Crippen LogP contribution in [0.1, 0.15) is 23.1 Å². The molecule has 2 aromatic rings. The molecule has 5 heteroatoms. The van der Waals surface area contributed by atoms with Crippen LogP contribution in [0.5, 0.6) is 0 Å². The van der Waals surface area contributed by atoms with Gasteiger partial charge in [0, 0.05) is 19.7 Å². The lowest BCUT2D eigenvalue weighted by molar-refractivity contribution is 0.627. The van der Waals surface area contributed by atoms with Gasteiger partial charge < -0.3 is 5.73 Å². The molecule has 1 atom stereocenters. The summed E-state index contributed by atoms with van der Waals surface area (Å²) in [5.74, 6) is 0. The maximum absolute atomic E-state index is 6.15. The van der Waals surface area contributed by atoms with Gasteiger partial charge in [-0.3, -0.25) is 9.67 Å². The van der Waals surface area contributed by atoms with Crippen molar-refractivity contribution >= 4 is 15.9 Å². The maximum atomic E-state index is 6.15. The fourth-order valence-corrected chi connectivity index (χ4v) is 2.31. The van der Waals surface area contributed by atoms with Crippen LogP contribution >= 0.6 is 15.9 Å². The molecule has 0 saturated carbocycles. The van der Waals surface area contributed by atoms with Crippen molar-refractivity contribution in [1.82, 2.24) is 14.8 Å². The standard InChI is InChI=1S/C12H15BrN4/c1-8-12(13)11(17(2)16-8)7-9(14)10-5-3-4-6-15-10/h3-6,9H,7,14H2,1-2H3. The van der Waals surface area contributed by atoms with Crippen LogP contribution in [-0.2, 0) is 13.5 Å². The number of nitrogens with two attached hydrogens (primary N) is 1. The molecule has 0 bridgehead atoms. The summed E-state index contributed by atoms with van der Waals surface area (Å²) in [6.45, 7) is 1.97. The van der Waals surface area contributed by atoms with E-state index in [-0.39, 0.29) is 6.04 Å². The van der Waals surface area contributed by atoms with Crippen LogP contribution in [0.25, 0.3) is 0 Å². The predicted molar refractivity (Wildman–Crippen MR) is 70.5 cm³/mol. The van der Waals surface area contributed by atoms with Gasteiger partial charge in [-0.25, -0.2) is 0 Å². The quantitative estimate of drug-likeness (QED) is 0.943. The van der Waals surface area contributed by atoms with E-state index < -0.39 is 0 Å². The first-order chi connectivity index (χ1) is 8.09. The van der Waals surface area contributed by atoms with E-state index in [9.17, 15) is 0 Å². The van der Waals surface area contributed by atoms with Crippen molar-refractivity contribution in [3.05, 3.63) is 46.0 Å². The van der Waals surface area contributed by atoms with Crippen LogP contribution in [0.4, 0.5) is 0 Å². The zero-order valence-electron chi connectivity index (χ0n) is 9.89. The number of hydrogen-bond acceptors (Lipinski definition) is 3. The lowest BCUT2D eigenvalue weighted by atomic mass is 10.1. The molecular formula is C12H15BrN4. The molecule has 0 aliphatic heterocycles. The van der Waals surface area contributed by atoms with E-state index >= 15 is 0 Å². The number of rotatable bonds is 3. The van der Waals surface area contributed by atoms with Gasteiger partial charge in [0.1, 0.15) is 0 Å². The molecule has 4 nitrogen and oxygen atoms in total. The number of pyridine rings is 1. The Morgan fingerprint density at radius 2 is 2.24 bits per heavy atom. The van der Waals surface area contributed by atoms with Gasteiger partial charge in [-0.1, -0.05) is 6.07 Å². The molecule has 0 aliphatic rings. The average molecular weight is 295 g/mol. The summed E-state index contributed by atoms with van der Waals surface area (Å²) >= 11 is 3.54. The predicted octanol–water partition coefficient (Wildman–Crippen LogP) is 2.13. The molecule has 0 aliphatic carbocycles. The largest absolute Gasteiger partial charge is 0.322 e. The Balaban J connectivity index is 2.22. The topological polar surface area (TPSA) is 56.7 Å². The van der Waals surface area contributed by atoms with Gasteiger partial charge in [-0.05, 0) is 35.0 Å². The molecular weight excluding hydrogens is 280 g/mol. The fraction of sp³-hybridized carbons (Fsp3) is 0.333. The monoisotopic (exact) mass is 294 g/mol. The summed E-state index contributed by atoms with van der Waals surface area (Å²) in [7, 11) is 1.93. The zero-order valence-corrected chi connectivity index (χ0v) is 11.5. The summed E-state index contributed by atoms with van der Waals surface area (Å²) in [5.41, 5.74) is 9.13. The molecule has 0 radical (unpaired) electrons. The van der Waals surface area contributed by atoms with Crippen molar-refractivity contribution < 1.29 is 0 Å². The van der Waals surface area contributed by atoms with Gasteiger partial charge in [-0.2, -0.15) is 5.10 Å². The van der Waals surface area contributed by atoms with Crippen molar-refractivity contribution in [1.29, 1.82) is 0 Å². The highest BCUT2D eigenvalue weighted by Crippen LogP contribution is 2.24. The van der Waals surface area contributed by atoms with Crippen LogP contribution < -0.4 is 5.73 Å². The van der Waals surface area contributed by atoms with Crippen LogP contribution in [0.15, 0.2) is 28.9 Å². The van der Waals surface area contributed by atoms with Gasteiger partial charge in [0.25, 0.3) is 0 Å². The average Bonchev–Trinajstić information content (AvgIpc) is 2.57. The first-order valence-corrected chi connectivity index (χ1v) is 6.23. The zero-order chi connectivity index (χ0) is 12.4. The highest BCUT2D eigenvalue weighted by atomic mass is 79.9. The Morgan fingerprint density at radius 3 is 2.76 bits per heavy atom. The van der Waals surface area contributed by atoms with Crippen LogP contribution in [0.2, 0.25) is 0 Å². The summed E-state index contributed by atoms with van der Waals surface area (Å²) < 4.78 is 2.90. The second-order valence-electron chi connectivity index (χ2n) is 4.03. The lowest BCUT2D eigenvalue weighted by Crippen LogP contribution is -2.16. The molecule has 2 aromatic heterocycles. The first kappa shape index (κ1) is 12.3. The molecule has 0 fully saturated rings. The van der Waals surface area contributed by atoms with E-state index in [1.165, 1.54) is 0 Å². The molecule has 0 amide bonds. The Kier molecular flexibility index (Phi) is 3.59. The van der Waals surface area contributed by atoms with Crippen molar-refractivity contribution in [3.8, 4) is 0 Å². The van der Waals surface area contributed by atoms with E-state index in [1.807, 2.05) is 36.9 Å². The number of nitrogens with zero attached hydrogens (tertiary/aromatic N) is 3. The van der Waals surface area contributed by atoms with Crippen LogP contribution in [0.3, 0.4) is 0 Å². The highest BCUT2D eigenvalue weighted by Gasteiger charge is 2.15. The lowest BCUT2D eigenvalue weighted by Gasteiger charge is -2.11. The number of halogens is 1. The number of hydrogen-bond donors (Lipinski definition) is 1. The Hall–Kier alpha value is -1.20. The molecule has 0 aromatic carbocycles. The summed E-state index contributed by atoms with van der Waals surface area (Å²) in [6, 6.07) is 5.68. The number of aromatic nitrogens is 3. The van der Waals surface area contributed by atoms with Crippen molar-refractivity contribution in [2.24, 2.45) is 12.8 Å². The third-order valence-corrected chi connectivity index (χ3v) is 3.77. The Morgan fingerprint density at radius 1 is 1.47 bits per heavy atom. The smallest absolute Gasteiger partial charge is 0.0738 e. The second-order valence-corrected chi connectivity index (χ2v) is 4.83. The first-order valence-electron chi connectivity index (χ1n) is 5.44. The van der Waals surface area contributed by atoms with Gasteiger partial charge in [-0.15, -0.1) is 0 Å². The third kappa shape index (κ3) is 2.56. The van der Waals surface area contributed by atoms with Gasteiger partial charge >= 0.3 is 0 Å². The van der Waals surface area contributed by atoms with Crippen molar-refractivity contribution in [2.45, 2.75) is 19.4 Å². The Labute approximate surface area is 109 Å². The summed E-state index contributed by atoms with van der Waals surface area (Å²) in [5, 5.41) is 4.35. The van der Waals surface area contributed by atoms with Crippen LogP contribution in [-0.4, -0.2) is 14.8 Å². The van der Waals surface area contributed by atoms with Gasteiger partial charge in [0.05, 0.1) is 27.6 Å². The van der Waals surface area contributed by atoms with Gasteiger partial charge in [0.15, 0.2) is 0 Å². The third-order valence-electron chi connectivity index (χ3n) is 2.74. The van der Waals surface area contributed by atoms with E-state index in [0.29, 0.717) is 0 Å². The maximum Gasteiger partial charge on any atom is 0.0738 e. The fourth-order valence-electron chi connectivity index (χ4n) is 1.81. The molecule has 17 heavy (non-hydrogen) atoms. The van der Waals surface area contributed by atoms with E-state index in [4.69, 9.17) is 5.73 Å². The normalized spacial score (nSPS) is 12.7. The Bertz CT molecular complexity index is 507. The molecule has 0 spiro atoms. The van der Waals surface area contributed by atoms with E-state index in [2.05, 4.69) is 26.0 Å². The second kappa shape index (κ2) is 4.98. The number of aryl methyl sites for hydroxylation is 2.